The van der Waals surface area contributed by atoms with Gasteiger partial charge in [0.05, 0.1) is 5.70 Å². The molecule has 0 spiro atoms. The molecule has 4 heteroatoms. The van der Waals surface area contributed by atoms with Crippen molar-refractivity contribution in [2.75, 3.05) is 0 Å². The second-order valence-electron chi connectivity index (χ2n) is 5.64. The maximum Gasteiger partial charge on any atom is 0.224 e. The van der Waals surface area contributed by atoms with E-state index >= 15 is 0 Å². The predicted octanol–water partition coefficient (Wildman–Crippen LogP) is 5.32. The van der Waals surface area contributed by atoms with Crippen LogP contribution in [0.3, 0.4) is 0 Å². The first-order valence-corrected chi connectivity index (χ1v) is 8.50. The maximum atomic E-state index is 6.15. The number of halogens is 1. The summed E-state index contributed by atoms with van der Waals surface area (Å²) in [4.78, 5) is 8.41. The minimum absolute atomic E-state index is 0.0430. The molecule has 0 heterocycles. The fourth-order valence-corrected chi connectivity index (χ4v) is 2.68. The Morgan fingerprint density at radius 3 is 2.00 bits per heavy atom. The Balaban J connectivity index is 1.82. The molecular formula is C22H18ClN3. The van der Waals surface area contributed by atoms with Crippen LogP contribution in [0, 0.1) is 0 Å². The first kappa shape index (κ1) is 17.6. The van der Waals surface area contributed by atoms with Gasteiger partial charge in [-0.05, 0) is 28.8 Å². The van der Waals surface area contributed by atoms with Gasteiger partial charge in [0.15, 0.2) is 0 Å². The molecule has 0 fully saturated rings. The summed E-state index contributed by atoms with van der Waals surface area (Å²) in [5.74, 6) is 0.310. The van der Waals surface area contributed by atoms with E-state index in [9.17, 15) is 0 Å². The van der Waals surface area contributed by atoms with E-state index in [-0.39, 0.29) is 5.29 Å². The van der Waals surface area contributed by atoms with Crippen LogP contribution in [0.5, 0.6) is 0 Å². The molecular weight excluding hydrogens is 342 g/mol. The molecule has 2 N–H and O–H groups in total. The molecule has 0 saturated heterocycles. The summed E-state index contributed by atoms with van der Waals surface area (Å²) in [7, 11) is 0. The van der Waals surface area contributed by atoms with Crippen LogP contribution in [-0.2, 0) is 0 Å². The van der Waals surface area contributed by atoms with Crippen molar-refractivity contribution < 1.29 is 0 Å². The number of hydrogen-bond acceptors (Lipinski definition) is 1. The van der Waals surface area contributed by atoms with E-state index in [1.54, 1.807) is 0 Å². The summed E-state index contributed by atoms with van der Waals surface area (Å²) in [5, 5.41) is 0.0430. The Morgan fingerprint density at radius 2 is 1.31 bits per heavy atom. The molecule has 0 radical (unpaired) electrons. The van der Waals surface area contributed by atoms with Gasteiger partial charge in [-0.15, -0.1) is 0 Å². The Hall–Kier alpha value is -3.17. The summed E-state index contributed by atoms with van der Waals surface area (Å²) in [6, 6.07) is 27.5. The van der Waals surface area contributed by atoms with Crippen molar-refractivity contribution in [3.8, 4) is 11.1 Å². The van der Waals surface area contributed by atoms with Crippen molar-refractivity contribution in [1.82, 2.24) is 0 Å². The highest BCUT2D eigenvalue weighted by molar-refractivity contribution is 6.66. The van der Waals surface area contributed by atoms with Crippen molar-refractivity contribution in [3.63, 3.8) is 0 Å². The summed E-state index contributed by atoms with van der Waals surface area (Å²) < 4.78 is 0. The van der Waals surface area contributed by atoms with E-state index in [4.69, 9.17) is 17.3 Å². The quantitative estimate of drug-likeness (QED) is 0.382. The largest absolute Gasteiger partial charge is 0.383 e. The van der Waals surface area contributed by atoms with E-state index in [0.717, 1.165) is 22.3 Å². The van der Waals surface area contributed by atoms with Crippen molar-refractivity contribution in [2.24, 2.45) is 15.7 Å². The van der Waals surface area contributed by atoms with Crippen LogP contribution < -0.4 is 5.73 Å². The monoisotopic (exact) mass is 359 g/mol. The molecule has 26 heavy (non-hydrogen) atoms. The highest BCUT2D eigenvalue weighted by atomic mass is 35.5. The summed E-state index contributed by atoms with van der Waals surface area (Å²) in [6.45, 7) is 4.00. The first-order valence-electron chi connectivity index (χ1n) is 8.12. The Kier molecular flexibility index (Phi) is 5.62. The highest BCUT2D eigenvalue weighted by Gasteiger charge is 2.04. The molecule has 3 rings (SSSR count). The SMILES string of the molecule is C=C(N=C(Cl)/N=C(\N)c1ccccc1)c1cccc(-c2ccccc2)c1. The maximum absolute atomic E-state index is 6.15. The standard InChI is InChI=1S/C22H18ClN3/c1-16(25-22(23)26-21(24)18-11-6-3-7-12-18)19-13-8-14-20(15-19)17-9-4-2-5-10-17/h2-15H,1H2,(H2,24,25,26). The van der Waals surface area contributed by atoms with Crippen molar-refractivity contribution in [3.05, 3.63) is 103 Å². The van der Waals surface area contributed by atoms with Crippen LogP contribution in [0.2, 0.25) is 0 Å². The zero-order valence-electron chi connectivity index (χ0n) is 14.1. The number of nitrogens with zero attached hydrogens (tertiary/aromatic N) is 2. The van der Waals surface area contributed by atoms with Crippen molar-refractivity contribution in [2.45, 2.75) is 0 Å². The van der Waals surface area contributed by atoms with E-state index in [1.807, 2.05) is 72.8 Å². The van der Waals surface area contributed by atoms with E-state index in [2.05, 4.69) is 28.7 Å². The zero-order valence-corrected chi connectivity index (χ0v) is 14.9. The lowest BCUT2D eigenvalue weighted by Gasteiger charge is -2.06. The molecule has 128 valence electrons. The summed E-state index contributed by atoms with van der Waals surface area (Å²) in [6.07, 6.45) is 0. The number of benzene rings is 3. The smallest absolute Gasteiger partial charge is 0.224 e. The topological polar surface area (TPSA) is 50.7 Å². The molecule has 0 aromatic heterocycles. The number of nitrogens with two attached hydrogens (primary N) is 1. The zero-order chi connectivity index (χ0) is 18.4. The predicted molar refractivity (Wildman–Crippen MR) is 111 cm³/mol. The lowest BCUT2D eigenvalue weighted by molar-refractivity contribution is 1.47. The second-order valence-corrected chi connectivity index (χ2v) is 5.98. The van der Waals surface area contributed by atoms with Gasteiger partial charge in [0.25, 0.3) is 0 Å². The lowest BCUT2D eigenvalue weighted by atomic mass is 10.0. The van der Waals surface area contributed by atoms with Crippen LogP contribution in [0.4, 0.5) is 0 Å². The van der Waals surface area contributed by atoms with E-state index < -0.39 is 0 Å². The third-order valence-electron chi connectivity index (χ3n) is 3.81. The average Bonchev–Trinajstić information content (AvgIpc) is 2.69. The van der Waals surface area contributed by atoms with E-state index in [0.29, 0.717) is 11.5 Å². The molecule has 0 atom stereocenters. The average molecular weight is 360 g/mol. The number of rotatable bonds is 4. The van der Waals surface area contributed by atoms with Gasteiger partial charge in [-0.2, -0.15) is 0 Å². The lowest BCUT2D eigenvalue weighted by Crippen LogP contribution is -2.14. The molecule has 0 aliphatic carbocycles. The normalized spacial score (nSPS) is 12.0. The van der Waals surface area contributed by atoms with Crippen molar-refractivity contribution in [1.29, 1.82) is 0 Å². The minimum Gasteiger partial charge on any atom is -0.383 e. The van der Waals surface area contributed by atoms with Gasteiger partial charge in [-0.25, -0.2) is 9.98 Å². The number of hydrogen-bond donors (Lipinski definition) is 1. The van der Waals surface area contributed by atoms with Crippen LogP contribution in [0.15, 0.2) is 101 Å². The van der Waals surface area contributed by atoms with Gasteiger partial charge >= 0.3 is 0 Å². The summed E-state index contributed by atoms with van der Waals surface area (Å²) >= 11 is 6.15. The minimum atomic E-state index is 0.0430. The third kappa shape index (κ3) is 4.47. The summed E-state index contributed by atoms with van der Waals surface area (Å²) in [5.41, 5.74) is 10.4. The van der Waals surface area contributed by atoms with Gasteiger partial charge in [0, 0.05) is 11.1 Å². The van der Waals surface area contributed by atoms with Crippen molar-refractivity contribution >= 4 is 28.4 Å². The Bertz CT molecular complexity index is 961. The van der Waals surface area contributed by atoms with Gasteiger partial charge in [-0.3, -0.25) is 0 Å². The van der Waals surface area contributed by atoms with Crippen LogP contribution >= 0.6 is 11.6 Å². The molecule has 0 aliphatic heterocycles. The molecule has 3 aromatic carbocycles. The number of amidine groups is 2. The van der Waals surface area contributed by atoms with Gasteiger partial charge < -0.3 is 5.73 Å². The fraction of sp³-hybridized carbons (Fsp3) is 0. The fourth-order valence-electron chi connectivity index (χ4n) is 2.48. The molecule has 0 bridgehead atoms. The Morgan fingerprint density at radius 1 is 0.731 bits per heavy atom. The van der Waals surface area contributed by atoms with E-state index in [1.165, 1.54) is 0 Å². The second kappa shape index (κ2) is 8.28. The van der Waals surface area contributed by atoms with Gasteiger partial charge in [-0.1, -0.05) is 85.4 Å². The van der Waals surface area contributed by atoms with Gasteiger partial charge in [0.1, 0.15) is 5.84 Å². The van der Waals surface area contributed by atoms with Crippen LogP contribution in [0.25, 0.3) is 16.8 Å². The van der Waals surface area contributed by atoms with Gasteiger partial charge in [0.2, 0.25) is 5.29 Å². The molecule has 0 saturated carbocycles. The first-order chi connectivity index (χ1) is 12.6. The van der Waals surface area contributed by atoms with Crippen LogP contribution in [0.1, 0.15) is 11.1 Å². The molecule has 0 unspecified atom stereocenters. The Labute approximate surface area is 158 Å². The molecule has 3 aromatic rings. The highest BCUT2D eigenvalue weighted by Crippen LogP contribution is 2.24. The molecule has 3 nitrogen and oxygen atoms in total. The number of aliphatic imine (C=N–C) groups is 2. The molecule has 0 aliphatic rings. The molecule has 0 amide bonds. The van der Waals surface area contributed by atoms with Crippen LogP contribution in [-0.4, -0.2) is 11.1 Å². The third-order valence-corrected chi connectivity index (χ3v) is 3.98.